The minimum atomic E-state index is -0.853. The van der Waals surface area contributed by atoms with Crippen molar-refractivity contribution in [1.82, 2.24) is 4.90 Å². The van der Waals surface area contributed by atoms with Crippen LogP contribution in [0, 0.1) is 17.8 Å². The van der Waals surface area contributed by atoms with Crippen LogP contribution in [0.3, 0.4) is 0 Å². The number of ketones is 2. The number of rotatable bonds is 12. The van der Waals surface area contributed by atoms with Gasteiger partial charge in [-0.2, -0.15) is 0 Å². The van der Waals surface area contributed by atoms with Crippen LogP contribution < -0.4 is 5.73 Å². The first-order valence-electron chi connectivity index (χ1n) is 15.2. The fourth-order valence-corrected chi connectivity index (χ4v) is 6.53. The molecule has 1 amide bonds. The number of benzene rings is 1. The van der Waals surface area contributed by atoms with Crippen molar-refractivity contribution in [2.75, 3.05) is 46.1 Å². The summed E-state index contributed by atoms with van der Waals surface area (Å²) in [5.74, 6) is -2.87. The number of aromatic hydroxyl groups is 1. The van der Waals surface area contributed by atoms with Crippen molar-refractivity contribution < 1.29 is 34.4 Å². The number of phenols is 1. The summed E-state index contributed by atoms with van der Waals surface area (Å²) in [6, 6.07) is 3.46. The SMILES string of the molecule is NC(=O)CC(=O)C(CO)C(CCO)CC1CC(=O)c2c(O)ccc(C3=CC=C(CN4CCOCC4)CC=CC=CC3)c2C1. The highest BCUT2D eigenvalue weighted by atomic mass is 16.5. The average Bonchev–Trinajstić information content (AvgIpc) is 2.97. The molecule has 232 valence electrons. The Morgan fingerprint density at radius 3 is 2.49 bits per heavy atom. The van der Waals surface area contributed by atoms with E-state index >= 15 is 0 Å². The van der Waals surface area contributed by atoms with E-state index in [9.17, 15) is 29.7 Å². The second kappa shape index (κ2) is 15.9. The molecular weight excluding hydrogens is 548 g/mol. The number of fused-ring (bicyclic) bond motifs is 1. The molecule has 5 N–H and O–H groups in total. The number of morpholine rings is 1. The van der Waals surface area contributed by atoms with Gasteiger partial charge in [-0.15, -0.1) is 0 Å². The van der Waals surface area contributed by atoms with E-state index in [0.717, 1.165) is 56.0 Å². The molecule has 3 atom stereocenters. The molecule has 2 aliphatic carbocycles. The topological polar surface area (TPSA) is 150 Å². The van der Waals surface area contributed by atoms with Gasteiger partial charge in [-0.3, -0.25) is 19.3 Å². The van der Waals surface area contributed by atoms with E-state index in [0.29, 0.717) is 24.8 Å². The standard InChI is InChI=1S/C34H44N2O7/c35-33(42)20-31(40)29(22-38)26(11-14-37)17-24-18-28-27(9-10-30(39)34(28)32(41)19-24)25-6-4-2-1-3-5-23(7-8-25)21-36-12-15-43-16-13-36/h1-4,7-10,24,26,29,37-39H,5-6,11-22H2,(H2,35,42). The molecule has 1 aromatic rings. The van der Waals surface area contributed by atoms with Gasteiger partial charge in [-0.05, 0) is 66.7 Å². The largest absolute Gasteiger partial charge is 0.507 e. The van der Waals surface area contributed by atoms with Crippen LogP contribution in [-0.4, -0.2) is 83.8 Å². The van der Waals surface area contributed by atoms with E-state index in [4.69, 9.17) is 10.5 Å². The molecule has 0 bridgehead atoms. The summed E-state index contributed by atoms with van der Waals surface area (Å²) in [6.07, 6.45) is 14.9. The Bertz CT molecular complexity index is 1290. The highest BCUT2D eigenvalue weighted by molar-refractivity contribution is 6.02. The number of carbonyl (C=O) groups excluding carboxylic acids is 3. The maximum Gasteiger partial charge on any atom is 0.224 e. The number of amides is 1. The van der Waals surface area contributed by atoms with E-state index in [1.54, 1.807) is 6.07 Å². The molecule has 1 fully saturated rings. The lowest BCUT2D eigenvalue weighted by Gasteiger charge is -2.32. The van der Waals surface area contributed by atoms with Gasteiger partial charge in [0.1, 0.15) is 11.5 Å². The number of phenolic OH excluding ortho intramolecular Hbond substituents is 1. The highest BCUT2D eigenvalue weighted by Crippen LogP contribution is 2.40. The van der Waals surface area contributed by atoms with Gasteiger partial charge in [-0.25, -0.2) is 0 Å². The van der Waals surface area contributed by atoms with Crippen LogP contribution in [0.4, 0.5) is 0 Å². The van der Waals surface area contributed by atoms with Crippen LogP contribution >= 0.6 is 0 Å². The Morgan fingerprint density at radius 1 is 1.05 bits per heavy atom. The third-order valence-electron chi connectivity index (χ3n) is 8.70. The molecule has 3 aliphatic rings. The Hall–Kier alpha value is -3.37. The Balaban J connectivity index is 1.64. The minimum absolute atomic E-state index is 0.0403. The zero-order valence-electron chi connectivity index (χ0n) is 24.7. The van der Waals surface area contributed by atoms with Gasteiger partial charge in [0, 0.05) is 38.6 Å². The predicted octanol–water partition coefficient (Wildman–Crippen LogP) is 3.13. The third kappa shape index (κ3) is 8.83. The first-order chi connectivity index (χ1) is 20.8. The molecule has 0 spiro atoms. The van der Waals surface area contributed by atoms with Crippen LogP contribution in [0.2, 0.25) is 0 Å². The second-order valence-electron chi connectivity index (χ2n) is 11.8. The number of primary amides is 1. The van der Waals surface area contributed by atoms with Gasteiger partial charge in [-0.1, -0.05) is 48.1 Å². The van der Waals surface area contributed by atoms with E-state index in [2.05, 4.69) is 35.3 Å². The number of ether oxygens (including phenoxy) is 1. The molecule has 4 rings (SSSR count). The average molecular weight is 593 g/mol. The van der Waals surface area contributed by atoms with Gasteiger partial charge in [0.25, 0.3) is 0 Å². The summed E-state index contributed by atoms with van der Waals surface area (Å²) in [4.78, 5) is 39.9. The summed E-state index contributed by atoms with van der Waals surface area (Å²) in [7, 11) is 0. The molecule has 1 heterocycles. The molecule has 43 heavy (non-hydrogen) atoms. The lowest BCUT2D eigenvalue weighted by Crippen LogP contribution is -2.37. The molecule has 0 aromatic heterocycles. The summed E-state index contributed by atoms with van der Waals surface area (Å²) in [6.45, 7) is 3.46. The van der Waals surface area contributed by atoms with Crippen molar-refractivity contribution in [3.8, 4) is 5.75 Å². The molecule has 9 nitrogen and oxygen atoms in total. The number of nitrogens with zero attached hydrogens (tertiary/aromatic N) is 1. The van der Waals surface area contributed by atoms with Gasteiger partial charge in [0.05, 0.1) is 31.8 Å². The quantitative estimate of drug-likeness (QED) is 0.271. The van der Waals surface area contributed by atoms with Crippen LogP contribution in [0.25, 0.3) is 5.57 Å². The number of aliphatic hydroxyl groups excluding tert-OH is 2. The first kappa shape index (κ1) is 32.5. The summed E-state index contributed by atoms with van der Waals surface area (Å²) in [5, 5.41) is 30.5. The number of hydrogen-bond acceptors (Lipinski definition) is 8. The molecule has 1 aliphatic heterocycles. The second-order valence-corrected chi connectivity index (χ2v) is 11.8. The van der Waals surface area contributed by atoms with Gasteiger partial charge < -0.3 is 25.8 Å². The van der Waals surface area contributed by atoms with Crippen molar-refractivity contribution in [3.63, 3.8) is 0 Å². The summed E-state index contributed by atoms with van der Waals surface area (Å²) >= 11 is 0. The number of allylic oxidation sites excluding steroid dienone is 7. The fraction of sp³-hybridized carbons (Fsp3) is 0.500. The van der Waals surface area contributed by atoms with Crippen molar-refractivity contribution in [2.45, 2.75) is 44.9 Å². The first-order valence-corrected chi connectivity index (χ1v) is 15.2. The lowest BCUT2D eigenvalue weighted by molar-refractivity contribution is -0.131. The number of Topliss-reactive ketones (excluding diaryl/α,β-unsaturated/α-hetero) is 2. The third-order valence-corrected chi connectivity index (χ3v) is 8.70. The molecule has 9 heteroatoms. The number of aliphatic hydroxyl groups is 2. The van der Waals surface area contributed by atoms with Crippen LogP contribution in [0.5, 0.6) is 5.75 Å². The molecule has 1 saturated heterocycles. The summed E-state index contributed by atoms with van der Waals surface area (Å²) in [5.41, 5.74) is 9.57. The highest BCUT2D eigenvalue weighted by Gasteiger charge is 2.35. The lowest BCUT2D eigenvalue weighted by atomic mass is 9.72. The molecular formula is C34H44N2O7. The molecule has 0 radical (unpaired) electrons. The zero-order chi connectivity index (χ0) is 30.8. The van der Waals surface area contributed by atoms with Crippen molar-refractivity contribution >= 4 is 23.0 Å². The number of carbonyl (C=O) groups is 3. The van der Waals surface area contributed by atoms with Crippen LogP contribution in [-0.2, 0) is 20.7 Å². The molecule has 0 saturated carbocycles. The predicted molar refractivity (Wildman–Crippen MR) is 164 cm³/mol. The maximum atomic E-state index is 13.4. The Morgan fingerprint density at radius 2 is 1.79 bits per heavy atom. The van der Waals surface area contributed by atoms with Crippen LogP contribution in [0.15, 0.2) is 54.2 Å². The smallest absolute Gasteiger partial charge is 0.224 e. The van der Waals surface area contributed by atoms with Crippen molar-refractivity contribution in [2.24, 2.45) is 23.5 Å². The molecule has 3 unspecified atom stereocenters. The number of hydrogen-bond donors (Lipinski definition) is 4. The van der Waals surface area contributed by atoms with E-state index < -0.39 is 36.6 Å². The van der Waals surface area contributed by atoms with E-state index in [1.165, 1.54) is 5.57 Å². The van der Waals surface area contributed by atoms with Crippen molar-refractivity contribution in [1.29, 1.82) is 0 Å². The fourth-order valence-electron chi connectivity index (χ4n) is 6.53. The van der Waals surface area contributed by atoms with Crippen LogP contribution in [0.1, 0.15) is 60.0 Å². The van der Waals surface area contributed by atoms with Gasteiger partial charge in [0.15, 0.2) is 5.78 Å². The Kier molecular flexibility index (Phi) is 12.0. The minimum Gasteiger partial charge on any atom is -0.507 e. The summed E-state index contributed by atoms with van der Waals surface area (Å²) < 4.78 is 5.50. The molecule has 1 aromatic carbocycles. The van der Waals surface area contributed by atoms with Gasteiger partial charge >= 0.3 is 0 Å². The Labute approximate surface area is 253 Å². The maximum absolute atomic E-state index is 13.4. The van der Waals surface area contributed by atoms with Gasteiger partial charge in [0.2, 0.25) is 5.91 Å². The van der Waals surface area contributed by atoms with E-state index in [-0.39, 0.29) is 36.9 Å². The number of nitrogens with two attached hydrogens (primary N) is 1. The van der Waals surface area contributed by atoms with Crippen molar-refractivity contribution in [3.05, 3.63) is 70.9 Å². The van der Waals surface area contributed by atoms with E-state index in [1.807, 2.05) is 12.1 Å². The zero-order valence-corrected chi connectivity index (χ0v) is 24.7. The monoisotopic (exact) mass is 592 g/mol. The normalized spacial score (nSPS) is 21.0.